The Bertz CT molecular complexity index is 301. The average Bonchev–Trinajstić information content (AvgIpc) is 2.79. The standard InChI is InChI=1S/C10H18Cl2N4/c1-3-10(6-11,7-12)14-5-9-13-8-15-16(9)4-2/h8,14H,3-7H2,1-2H3. The number of aryl methyl sites for hydroxylation is 1. The molecule has 0 aliphatic rings. The predicted molar refractivity (Wildman–Crippen MR) is 67.0 cm³/mol. The first-order valence-corrected chi connectivity index (χ1v) is 6.52. The van der Waals surface area contributed by atoms with Crippen LogP contribution in [0.1, 0.15) is 26.1 Å². The van der Waals surface area contributed by atoms with Gasteiger partial charge in [-0.3, -0.25) is 0 Å². The minimum Gasteiger partial charge on any atom is -0.302 e. The predicted octanol–water partition coefficient (Wildman–Crippen LogP) is 2.01. The lowest BCUT2D eigenvalue weighted by Crippen LogP contribution is -2.48. The van der Waals surface area contributed by atoms with E-state index in [1.165, 1.54) is 0 Å². The summed E-state index contributed by atoms with van der Waals surface area (Å²) in [5.74, 6) is 1.90. The van der Waals surface area contributed by atoms with Crippen LogP contribution in [0.25, 0.3) is 0 Å². The third-order valence-corrected chi connectivity index (χ3v) is 3.83. The van der Waals surface area contributed by atoms with Crippen LogP contribution in [0, 0.1) is 0 Å². The third kappa shape index (κ3) is 3.09. The molecule has 0 unspecified atom stereocenters. The lowest BCUT2D eigenvalue weighted by molar-refractivity contribution is 0.374. The van der Waals surface area contributed by atoms with Crippen LogP contribution >= 0.6 is 23.2 Å². The van der Waals surface area contributed by atoms with Crippen molar-refractivity contribution in [2.24, 2.45) is 0 Å². The van der Waals surface area contributed by atoms with E-state index in [1.807, 2.05) is 11.6 Å². The number of alkyl halides is 2. The molecular formula is C10H18Cl2N4. The number of nitrogens with one attached hydrogen (secondary N) is 1. The van der Waals surface area contributed by atoms with Crippen molar-refractivity contribution in [2.75, 3.05) is 11.8 Å². The van der Waals surface area contributed by atoms with Gasteiger partial charge in [0.05, 0.1) is 6.54 Å². The Balaban J connectivity index is 2.62. The molecule has 6 heteroatoms. The monoisotopic (exact) mass is 264 g/mol. The molecule has 1 aromatic heterocycles. The van der Waals surface area contributed by atoms with Gasteiger partial charge in [0.2, 0.25) is 0 Å². The van der Waals surface area contributed by atoms with Crippen LogP contribution < -0.4 is 5.32 Å². The molecule has 0 saturated carbocycles. The van der Waals surface area contributed by atoms with Crippen LogP contribution in [0.5, 0.6) is 0 Å². The maximum atomic E-state index is 5.95. The average molecular weight is 265 g/mol. The number of rotatable bonds is 7. The molecule has 1 rings (SSSR count). The molecule has 0 spiro atoms. The molecular weight excluding hydrogens is 247 g/mol. The second kappa shape index (κ2) is 6.42. The number of halogens is 2. The van der Waals surface area contributed by atoms with E-state index >= 15 is 0 Å². The first-order chi connectivity index (χ1) is 7.71. The van der Waals surface area contributed by atoms with E-state index in [0.29, 0.717) is 18.3 Å². The summed E-state index contributed by atoms with van der Waals surface area (Å²) in [6, 6.07) is 0. The van der Waals surface area contributed by atoms with E-state index < -0.39 is 0 Å². The molecule has 1 heterocycles. The fraction of sp³-hybridized carbons (Fsp3) is 0.800. The van der Waals surface area contributed by atoms with Crippen LogP contribution in [-0.2, 0) is 13.1 Å². The second-order valence-corrected chi connectivity index (χ2v) is 4.28. The van der Waals surface area contributed by atoms with Crippen LogP contribution in [-0.4, -0.2) is 32.1 Å². The largest absolute Gasteiger partial charge is 0.302 e. The van der Waals surface area contributed by atoms with Gasteiger partial charge in [0.15, 0.2) is 0 Å². The molecule has 1 N–H and O–H groups in total. The summed E-state index contributed by atoms with van der Waals surface area (Å²) in [6.07, 6.45) is 2.45. The van der Waals surface area contributed by atoms with E-state index in [2.05, 4.69) is 22.3 Å². The van der Waals surface area contributed by atoms with Gasteiger partial charge in [-0.05, 0) is 13.3 Å². The van der Waals surface area contributed by atoms with Crippen molar-refractivity contribution in [1.82, 2.24) is 20.1 Å². The van der Waals surface area contributed by atoms with E-state index in [1.54, 1.807) is 6.33 Å². The fourth-order valence-corrected chi connectivity index (χ4v) is 2.25. The van der Waals surface area contributed by atoms with E-state index in [-0.39, 0.29) is 5.54 Å². The highest BCUT2D eigenvalue weighted by Gasteiger charge is 2.25. The number of aromatic nitrogens is 3. The Labute approximate surface area is 106 Å². The van der Waals surface area contributed by atoms with Crippen molar-refractivity contribution >= 4 is 23.2 Å². The SMILES string of the molecule is CCn1ncnc1CNC(CC)(CCl)CCl. The van der Waals surface area contributed by atoms with E-state index in [4.69, 9.17) is 23.2 Å². The minimum absolute atomic E-state index is 0.215. The first kappa shape index (κ1) is 13.7. The summed E-state index contributed by atoms with van der Waals surface area (Å²) in [7, 11) is 0. The smallest absolute Gasteiger partial charge is 0.140 e. The number of nitrogens with zero attached hydrogens (tertiary/aromatic N) is 3. The molecule has 1 aromatic rings. The molecule has 0 radical (unpaired) electrons. The van der Waals surface area contributed by atoms with Crippen LogP contribution in [0.15, 0.2) is 6.33 Å². The van der Waals surface area contributed by atoms with Crippen LogP contribution in [0.3, 0.4) is 0 Å². The summed E-state index contributed by atoms with van der Waals surface area (Å²) < 4.78 is 1.86. The number of hydrogen-bond donors (Lipinski definition) is 1. The highest BCUT2D eigenvalue weighted by Crippen LogP contribution is 2.15. The molecule has 4 nitrogen and oxygen atoms in total. The van der Waals surface area contributed by atoms with Crippen molar-refractivity contribution in [1.29, 1.82) is 0 Å². The van der Waals surface area contributed by atoms with Crippen molar-refractivity contribution in [3.8, 4) is 0 Å². The third-order valence-electron chi connectivity index (χ3n) is 2.81. The zero-order chi connectivity index (χ0) is 12.0. The molecule has 0 aliphatic heterocycles. The van der Waals surface area contributed by atoms with E-state index in [9.17, 15) is 0 Å². The molecule has 0 aliphatic carbocycles. The summed E-state index contributed by atoms with van der Waals surface area (Å²) in [5, 5.41) is 7.48. The molecule has 0 saturated heterocycles. The molecule has 0 bridgehead atoms. The summed E-state index contributed by atoms with van der Waals surface area (Å²) >= 11 is 11.9. The summed E-state index contributed by atoms with van der Waals surface area (Å²) in [4.78, 5) is 4.20. The van der Waals surface area contributed by atoms with Gasteiger partial charge < -0.3 is 5.32 Å². The van der Waals surface area contributed by atoms with Crippen molar-refractivity contribution in [3.05, 3.63) is 12.2 Å². The normalized spacial score (nSPS) is 12.0. The highest BCUT2D eigenvalue weighted by atomic mass is 35.5. The maximum Gasteiger partial charge on any atom is 0.140 e. The van der Waals surface area contributed by atoms with E-state index in [0.717, 1.165) is 18.8 Å². The Morgan fingerprint density at radius 3 is 2.56 bits per heavy atom. The Morgan fingerprint density at radius 2 is 2.06 bits per heavy atom. The van der Waals surface area contributed by atoms with Gasteiger partial charge in [0.25, 0.3) is 0 Å². The van der Waals surface area contributed by atoms with Gasteiger partial charge in [-0.2, -0.15) is 5.10 Å². The van der Waals surface area contributed by atoms with Crippen LogP contribution in [0.4, 0.5) is 0 Å². The maximum absolute atomic E-state index is 5.95. The molecule has 0 amide bonds. The molecule has 0 atom stereocenters. The van der Waals surface area contributed by atoms with Gasteiger partial charge in [0, 0.05) is 23.8 Å². The molecule has 0 aromatic carbocycles. The topological polar surface area (TPSA) is 42.7 Å². The summed E-state index contributed by atoms with van der Waals surface area (Å²) in [6.45, 7) is 5.57. The first-order valence-electron chi connectivity index (χ1n) is 5.45. The molecule has 0 fully saturated rings. The Morgan fingerprint density at radius 1 is 1.38 bits per heavy atom. The highest BCUT2D eigenvalue weighted by molar-refractivity contribution is 6.22. The lowest BCUT2D eigenvalue weighted by atomic mass is 10.0. The lowest BCUT2D eigenvalue weighted by Gasteiger charge is -2.29. The van der Waals surface area contributed by atoms with Gasteiger partial charge in [-0.25, -0.2) is 9.67 Å². The van der Waals surface area contributed by atoms with Crippen molar-refractivity contribution in [2.45, 2.75) is 38.9 Å². The van der Waals surface area contributed by atoms with Crippen LogP contribution in [0.2, 0.25) is 0 Å². The van der Waals surface area contributed by atoms with Crippen molar-refractivity contribution < 1.29 is 0 Å². The Kier molecular flexibility index (Phi) is 5.52. The zero-order valence-corrected chi connectivity index (χ0v) is 11.2. The zero-order valence-electron chi connectivity index (χ0n) is 9.71. The van der Waals surface area contributed by atoms with Gasteiger partial charge in [-0.1, -0.05) is 6.92 Å². The van der Waals surface area contributed by atoms with Gasteiger partial charge >= 0.3 is 0 Å². The molecule has 92 valence electrons. The van der Waals surface area contributed by atoms with Gasteiger partial charge in [-0.15, -0.1) is 23.2 Å². The minimum atomic E-state index is -0.215. The quantitative estimate of drug-likeness (QED) is 0.767. The molecule has 16 heavy (non-hydrogen) atoms. The fourth-order valence-electron chi connectivity index (χ4n) is 1.40. The summed E-state index contributed by atoms with van der Waals surface area (Å²) in [5.41, 5.74) is -0.215. The second-order valence-electron chi connectivity index (χ2n) is 3.75. The van der Waals surface area contributed by atoms with Crippen molar-refractivity contribution in [3.63, 3.8) is 0 Å². The Hall–Kier alpha value is -0.320. The number of hydrogen-bond acceptors (Lipinski definition) is 3. The van der Waals surface area contributed by atoms with Gasteiger partial charge in [0.1, 0.15) is 12.2 Å².